The molecule has 7 heteroatoms. The summed E-state index contributed by atoms with van der Waals surface area (Å²) in [5.74, 6) is 0.106. The smallest absolute Gasteiger partial charge is 0.306 e. The Kier molecular flexibility index (Phi) is 5.90. The molecule has 0 saturated carbocycles. The Balaban J connectivity index is 1.45. The van der Waals surface area contributed by atoms with Gasteiger partial charge in [0.2, 0.25) is 10.0 Å². The van der Waals surface area contributed by atoms with Gasteiger partial charge in [-0.2, -0.15) is 0 Å². The summed E-state index contributed by atoms with van der Waals surface area (Å²) in [5.41, 5.74) is 2.60. The standard InChI is InChI=1S/C19H23N3O3S/c23-19-21-17-11-4-5-12-18(17)22(19)14-7-13-20-26(24,25)15-6-10-16-8-2-1-3-9-16/h1-5,8-9,11-12,20H,6-7,10,13-15H2,(H,21,23). The fourth-order valence-electron chi connectivity index (χ4n) is 2.98. The first-order valence-electron chi connectivity index (χ1n) is 8.74. The van der Waals surface area contributed by atoms with Crippen molar-refractivity contribution in [1.82, 2.24) is 14.3 Å². The summed E-state index contributed by atoms with van der Waals surface area (Å²) >= 11 is 0. The summed E-state index contributed by atoms with van der Waals surface area (Å²) in [6.45, 7) is 0.787. The molecular formula is C19H23N3O3S. The van der Waals surface area contributed by atoms with Crippen molar-refractivity contribution in [2.24, 2.45) is 0 Å². The molecule has 0 unspecified atom stereocenters. The Morgan fingerprint density at radius 1 is 0.962 bits per heavy atom. The van der Waals surface area contributed by atoms with E-state index in [2.05, 4.69) is 9.71 Å². The Morgan fingerprint density at radius 3 is 2.50 bits per heavy atom. The van der Waals surface area contributed by atoms with Crippen LogP contribution in [0.25, 0.3) is 11.0 Å². The number of fused-ring (bicyclic) bond motifs is 1. The van der Waals surface area contributed by atoms with Crippen LogP contribution in [0.1, 0.15) is 18.4 Å². The topological polar surface area (TPSA) is 84.0 Å². The molecule has 3 aromatic rings. The van der Waals surface area contributed by atoms with Crippen molar-refractivity contribution >= 4 is 21.1 Å². The summed E-state index contributed by atoms with van der Waals surface area (Å²) in [5, 5.41) is 0. The van der Waals surface area contributed by atoms with Crippen molar-refractivity contribution in [3.63, 3.8) is 0 Å². The van der Waals surface area contributed by atoms with Gasteiger partial charge in [-0.15, -0.1) is 0 Å². The molecule has 0 aliphatic rings. The Morgan fingerprint density at radius 2 is 1.69 bits per heavy atom. The molecular weight excluding hydrogens is 350 g/mol. The second kappa shape index (κ2) is 8.33. The molecule has 0 atom stereocenters. The largest absolute Gasteiger partial charge is 0.326 e. The minimum Gasteiger partial charge on any atom is -0.306 e. The third-order valence-electron chi connectivity index (χ3n) is 4.28. The molecule has 0 aliphatic carbocycles. The molecule has 0 spiro atoms. The molecule has 2 N–H and O–H groups in total. The molecule has 26 heavy (non-hydrogen) atoms. The minimum absolute atomic E-state index is 0.106. The van der Waals surface area contributed by atoms with Crippen molar-refractivity contribution in [1.29, 1.82) is 0 Å². The van der Waals surface area contributed by atoms with E-state index in [0.29, 0.717) is 25.9 Å². The average molecular weight is 373 g/mol. The fraction of sp³-hybridized carbons (Fsp3) is 0.316. The first-order chi connectivity index (χ1) is 12.6. The lowest BCUT2D eigenvalue weighted by Crippen LogP contribution is -2.29. The van der Waals surface area contributed by atoms with Gasteiger partial charge in [0.05, 0.1) is 16.8 Å². The van der Waals surface area contributed by atoms with Crippen LogP contribution in [0.3, 0.4) is 0 Å². The molecule has 0 aliphatic heterocycles. The number of aromatic nitrogens is 2. The van der Waals surface area contributed by atoms with Crippen molar-refractivity contribution in [3.05, 3.63) is 70.6 Å². The molecule has 0 saturated heterocycles. The maximum Gasteiger partial charge on any atom is 0.326 e. The highest BCUT2D eigenvalue weighted by Gasteiger charge is 2.10. The SMILES string of the molecule is O=c1[nH]c2ccccc2n1CCCNS(=O)(=O)CCCc1ccccc1. The van der Waals surface area contributed by atoms with Gasteiger partial charge in [-0.1, -0.05) is 42.5 Å². The van der Waals surface area contributed by atoms with Crippen LogP contribution < -0.4 is 10.4 Å². The predicted octanol–water partition coefficient (Wildman–Crippen LogP) is 2.27. The van der Waals surface area contributed by atoms with Gasteiger partial charge < -0.3 is 4.98 Å². The van der Waals surface area contributed by atoms with Crippen molar-refractivity contribution in [2.75, 3.05) is 12.3 Å². The summed E-state index contributed by atoms with van der Waals surface area (Å²) in [6.07, 6.45) is 1.88. The highest BCUT2D eigenvalue weighted by Crippen LogP contribution is 2.09. The van der Waals surface area contributed by atoms with E-state index in [1.165, 1.54) is 0 Å². The van der Waals surface area contributed by atoms with Gasteiger partial charge in [-0.05, 0) is 37.0 Å². The van der Waals surface area contributed by atoms with Gasteiger partial charge in [0, 0.05) is 13.1 Å². The molecule has 0 fully saturated rings. The molecule has 1 heterocycles. The van der Waals surface area contributed by atoms with Crippen molar-refractivity contribution < 1.29 is 8.42 Å². The van der Waals surface area contributed by atoms with Crippen LogP contribution in [0.5, 0.6) is 0 Å². The monoisotopic (exact) mass is 373 g/mol. The van der Waals surface area contributed by atoms with E-state index in [9.17, 15) is 13.2 Å². The maximum atomic E-state index is 12.1. The zero-order valence-corrected chi connectivity index (χ0v) is 15.3. The zero-order chi connectivity index (χ0) is 18.4. The summed E-state index contributed by atoms with van der Waals surface area (Å²) < 4.78 is 28.4. The van der Waals surface area contributed by atoms with Crippen LogP contribution in [0.4, 0.5) is 0 Å². The number of hydrogen-bond donors (Lipinski definition) is 2. The van der Waals surface area contributed by atoms with Gasteiger partial charge in [-0.3, -0.25) is 4.57 Å². The van der Waals surface area contributed by atoms with Gasteiger partial charge in [-0.25, -0.2) is 17.9 Å². The van der Waals surface area contributed by atoms with Gasteiger partial charge >= 0.3 is 5.69 Å². The van der Waals surface area contributed by atoms with Gasteiger partial charge in [0.1, 0.15) is 0 Å². The normalized spacial score (nSPS) is 11.8. The van der Waals surface area contributed by atoms with Crippen LogP contribution in [-0.2, 0) is 23.0 Å². The molecule has 138 valence electrons. The number of sulfonamides is 1. The lowest BCUT2D eigenvalue weighted by molar-refractivity contribution is 0.567. The molecule has 2 aromatic carbocycles. The second-order valence-electron chi connectivity index (χ2n) is 6.25. The number of nitrogens with one attached hydrogen (secondary N) is 2. The molecule has 6 nitrogen and oxygen atoms in total. The third-order valence-corrected chi connectivity index (χ3v) is 5.75. The molecule has 3 rings (SSSR count). The lowest BCUT2D eigenvalue weighted by atomic mass is 10.1. The Hall–Kier alpha value is -2.38. The van der Waals surface area contributed by atoms with E-state index in [1.807, 2.05) is 54.6 Å². The minimum atomic E-state index is -3.29. The summed E-state index contributed by atoms with van der Waals surface area (Å²) in [6, 6.07) is 17.3. The number of imidazole rings is 1. The molecule has 0 amide bonds. The van der Waals surface area contributed by atoms with E-state index in [-0.39, 0.29) is 11.4 Å². The van der Waals surface area contributed by atoms with E-state index < -0.39 is 10.0 Å². The number of hydrogen-bond acceptors (Lipinski definition) is 3. The quantitative estimate of drug-likeness (QED) is 0.564. The van der Waals surface area contributed by atoms with Crippen molar-refractivity contribution in [3.8, 4) is 0 Å². The summed E-state index contributed by atoms with van der Waals surface area (Å²) in [7, 11) is -3.29. The van der Waals surface area contributed by atoms with Gasteiger partial charge in [0.15, 0.2) is 0 Å². The summed E-state index contributed by atoms with van der Waals surface area (Å²) in [4.78, 5) is 14.8. The molecule has 0 radical (unpaired) electrons. The second-order valence-corrected chi connectivity index (χ2v) is 8.18. The van der Waals surface area contributed by atoms with Crippen LogP contribution in [0.15, 0.2) is 59.4 Å². The predicted molar refractivity (Wildman–Crippen MR) is 104 cm³/mol. The van der Waals surface area contributed by atoms with E-state index >= 15 is 0 Å². The highest BCUT2D eigenvalue weighted by molar-refractivity contribution is 7.89. The molecule has 0 bridgehead atoms. The maximum absolute atomic E-state index is 12.1. The first-order valence-corrected chi connectivity index (χ1v) is 10.4. The van der Waals surface area contributed by atoms with Crippen LogP contribution >= 0.6 is 0 Å². The van der Waals surface area contributed by atoms with Crippen molar-refractivity contribution in [2.45, 2.75) is 25.8 Å². The number of para-hydroxylation sites is 2. The molecule has 1 aromatic heterocycles. The Labute approximate surface area is 152 Å². The van der Waals surface area contributed by atoms with E-state index in [0.717, 1.165) is 23.0 Å². The van der Waals surface area contributed by atoms with Crippen LogP contribution in [0, 0.1) is 0 Å². The highest BCUT2D eigenvalue weighted by atomic mass is 32.2. The number of aromatic amines is 1. The van der Waals surface area contributed by atoms with Crippen LogP contribution in [-0.4, -0.2) is 30.3 Å². The average Bonchev–Trinajstić information content (AvgIpc) is 2.95. The fourth-order valence-corrected chi connectivity index (χ4v) is 4.10. The lowest BCUT2D eigenvalue weighted by Gasteiger charge is -2.07. The number of nitrogens with zero attached hydrogens (tertiary/aromatic N) is 1. The first kappa shape index (κ1) is 18.4. The van der Waals surface area contributed by atoms with Gasteiger partial charge in [0.25, 0.3) is 0 Å². The number of benzene rings is 2. The number of aryl methyl sites for hydroxylation is 2. The Bertz CT molecular complexity index is 1010. The zero-order valence-electron chi connectivity index (χ0n) is 14.5. The number of H-pyrrole nitrogens is 1. The third kappa shape index (κ3) is 4.83. The van der Waals surface area contributed by atoms with E-state index in [4.69, 9.17) is 0 Å². The van der Waals surface area contributed by atoms with Crippen LogP contribution in [0.2, 0.25) is 0 Å². The number of rotatable bonds is 9. The van der Waals surface area contributed by atoms with E-state index in [1.54, 1.807) is 4.57 Å².